The highest BCUT2D eigenvalue weighted by Gasteiger charge is 2.29. The van der Waals surface area contributed by atoms with E-state index in [0.717, 1.165) is 0 Å². The number of aromatic hydroxyl groups is 1. The van der Waals surface area contributed by atoms with Crippen LogP contribution >= 0.6 is 0 Å². The summed E-state index contributed by atoms with van der Waals surface area (Å²) >= 11 is 0. The first kappa shape index (κ1) is 17.6. The van der Waals surface area contributed by atoms with Crippen LogP contribution in [0, 0.1) is 0 Å². The Bertz CT molecular complexity index is 1090. The lowest BCUT2D eigenvalue weighted by Crippen LogP contribution is -2.19. The van der Waals surface area contributed by atoms with Crippen molar-refractivity contribution in [2.45, 2.75) is 13.0 Å². The van der Waals surface area contributed by atoms with Crippen molar-refractivity contribution >= 4 is 17.5 Å². The average Bonchev–Trinajstić information content (AvgIpc) is 2.65. The van der Waals surface area contributed by atoms with Gasteiger partial charge in [0, 0.05) is 35.8 Å². The zero-order valence-corrected chi connectivity index (χ0v) is 14.9. The fourth-order valence-electron chi connectivity index (χ4n) is 3.37. The summed E-state index contributed by atoms with van der Waals surface area (Å²) in [5.41, 5.74) is 2.69. The van der Waals surface area contributed by atoms with Gasteiger partial charge in [0.1, 0.15) is 23.4 Å². The van der Waals surface area contributed by atoms with Gasteiger partial charge in [-0.15, -0.1) is 0 Å². The summed E-state index contributed by atoms with van der Waals surface area (Å²) in [4.78, 5) is 23.1. The number of carbonyl (C=O) groups is 2. The predicted octanol–water partition coefficient (Wildman–Crippen LogP) is 3.67. The number of carboxylic acid groups (broad SMARTS) is 1. The van der Waals surface area contributed by atoms with Gasteiger partial charge in [0.2, 0.25) is 0 Å². The molecule has 0 aromatic heterocycles. The van der Waals surface area contributed by atoms with Crippen LogP contribution in [0.25, 0.3) is 5.57 Å². The Morgan fingerprint density at radius 2 is 1.89 bits per heavy atom. The molecule has 2 N–H and O–H groups in total. The number of hydrogen-bond acceptors (Lipinski definition) is 5. The summed E-state index contributed by atoms with van der Waals surface area (Å²) in [6, 6.07) is 11.4. The van der Waals surface area contributed by atoms with Gasteiger partial charge in [-0.25, -0.2) is 4.79 Å². The number of rotatable bonds is 3. The molecule has 28 heavy (non-hydrogen) atoms. The number of ether oxygens (including phenoxy) is 2. The lowest BCUT2D eigenvalue weighted by Gasteiger charge is -2.28. The Hall–Kier alpha value is -3.80. The average molecular weight is 376 g/mol. The number of benzene rings is 2. The molecule has 6 heteroatoms. The topological polar surface area (TPSA) is 93.1 Å². The highest BCUT2D eigenvalue weighted by atomic mass is 16.5. The number of esters is 1. The minimum atomic E-state index is -1.04. The van der Waals surface area contributed by atoms with Gasteiger partial charge in [-0.1, -0.05) is 24.3 Å². The molecule has 0 amide bonds. The molecule has 1 heterocycles. The quantitative estimate of drug-likeness (QED) is 0.794. The minimum Gasteiger partial charge on any atom is -0.508 e. The second-order valence-corrected chi connectivity index (χ2v) is 6.39. The molecule has 2 aromatic rings. The van der Waals surface area contributed by atoms with E-state index in [4.69, 9.17) is 9.47 Å². The Morgan fingerprint density at radius 1 is 1.11 bits per heavy atom. The van der Waals surface area contributed by atoms with Crippen LogP contribution in [-0.4, -0.2) is 28.3 Å². The number of carbonyl (C=O) groups excluding carboxylic acids is 1. The van der Waals surface area contributed by atoms with E-state index in [9.17, 15) is 19.8 Å². The Morgan fingerprint density at radius 3 is 2.64 bits per heavy atom. The smallest absolute Gasteiger partial charge is 0.336 e. The van der Waals surface area contributed by atoms with Crippen LogP contribution in [0.3, 0.4) is 0 Å². The van der Waals surface area contributed by atoms with E-state index in [1.165, 1.54) is 19.1 Å². The zero-order chi connectivity index (χ0) is 19.8. The van der Waals surface area contributed by atoms with Gasteiger partial charge in [-0.3, -0.25) is 4.79 Å². The molecule has 0 radical (unpaired) electrons. The summed E-state index contributed by atoms with van der Waals surface area (Å²) in [7, 11) is 0. The second-order valence-electron chi connectivity index (χ2n) is 6.39. The first-order valence-corrected chi connectivity index (χ1v) is 8.60. The van der Waals surface area contributed by atoms with Gasteiger partial charge in [0.15, 0.2) is 0 Å². The third-order valence-electron chi connectivity index (χ3n) is 4.49. The van der Waals surface area contributed by atoms with Crippen LogP contribution in [0.4, 0.5) is 0 Å². The molecule has 0 fully saturated rings. The molecule has 1 unspecified atom stereocenters. The molecule has 0 spiro atoms. The molecular formula is C22H16O6. The number of carboxylic acids is 1. The van der Waals surface area contributed by atoms with Crippen LogP contribution < -0.4 is 4.74 Å². The largest absolute Gasteiger partial charge is 0.508 e. The van der Waals surface area contributed by atoms with Gasteiger partial charge in [0.05, 0.1) is 5.56 Å². The van der Waals surface area contributed by atoms with Crippen molar-refractivity contribution < 1.29 is 29.3 Å². The molecule has 4 rings (SSSR count). The van der Waals surface area contributed by atoms with Gasteiger partial charge in [0.25, 0.3) is 0 Å². The molecule has 1 aliphatic heterocycles. The second kappa shape index (κ2) is 6.74. The van der Waals surface area contributed by atoms with Gasteiger partial charge in [-0.2, -0.15) is 0 Å². The van der Waals surface area contributed by atoms with E-state index in [1.807, 2.05) is 0 Å². The van der Waals surface area contributed by atoms with Crippen LogP contribution in [0.1, 0.15) is 28.4 Å². The third kappa shape index (κ3) is 3.05. The number of phenolic OH excluding ortho intramolecular Hbond substituents is 1. The summed E-state index contributed by atoms with van der Waals surface area (Å²) in [6.07, 6.45) is 4.52. The molecule has 140 valence electrons. The lowest BCUT2D eigenvalue weighted by molar-refractivity contribution is -0.142. The van der Waals surface area contributed by atoms with E-state index in [1.54, 1.807) is 48.6 Å². The highest BCUT2D eigenvalue weighted by molar-refractivity contribution is 6.00. The maximum Gasteiger partial charge on any atom is 0.336 e. The number of allylic oxidation sites excluding steroid dienone is 1. The van der Waals surface area contributed by atoms with E-state index in [-0.39, 0.29) is 11.3 Å². The molecule has 6 nitrogen and oxygen atoms in total. The van der Waals surface area contributed by atoms with Gasteiger partial charge >= 0.3 is 11.9 Å². The number of fused-ring (bicyclic) bond motifs is 2. The first-order chi connectivity index (χ1) is 13.4. The predicted molar refractivity (Wildman–Crippen MR) is 101 cm³/mol. The summed E-state index contributed by atoms with van der Waals surface area (Å²) in [6.45, 7) is 1.32. The fourth-order valence-corrected chi connectivity index (χ4v) is 3.37. The molecule has 2 aliphatic rings. The monoisotopic (exact) mass is 376 g/mol. The SMILES string of the molecule is CC(=O)OC1C=CC2=C(c3ccccc3C(=O)O)c3ccc(O)cc3OC2=C1. The van der Waals surface area contributed by atoms with Crippen LogP contribution in [0.15, 0.2) is 72.0 Å². The van der Waals surface area contributed by atoms with Crippen molar-refractivity contribution in [1.82, 2.24) is 0 Å². The normalized spacial score (nSPS) is 17.2. The summed E-state index contributed by atoms with van der Waals surface area (Å²) < 4.78 is 11.1. The van der Waals surface area contributed by atoms with Gasteiger partial charge in [-0.05, 0) is 29.8 Å². The fraction of sp³-hybridized carbons (Fsp3) is 0.0909. The molecule has 2 aromatic carbocycles. The number of phenols is 1. The van der Waals surface area contributed by atoms with E-state index >= 15 is 0 Å². The van der Waals surface area contributed by atoms with E-state index in [2.05, 4.69) is 0 Å². The van der Waals surface area contributed by atoms with Crippen molar-refractivity contribution in [3.63, 3.8) is 0 Å². The van der Waals surface area contributed by atoms with E-state index in [0.29, 0.717) is 33.8 Å². The highest BCUT2D eigenvalue weighted by Crippen LogP contribution is 2.45. The zero-order valence-electron chi connectivity index (χ0n) is 14.9. The maximum absolute atomic E-state index is 11.8. The molecule has 0 saturated heterocycles. The standard InChI is InChI=1S/C22H16O6/c1-12(23)27-14-7-9-18-20(11-14)28-19-10-13(24)6-8-17(19)21(18)15-4-2-3-5-16(15)22(25)26/h2-11,14,24H,1H3,(H,25,26). The van der Waals surface area contributed by atoms with Gasteiger partial charge < -0.3 is 19.7 Å². The number of hydrogen-bond donors (Lipinski definition) is 2. The summed E-state index contributed by atoms with van der Waals surface area (Å²) in [5.74, 6) is -0.622. The molecule has 1 atom stereocenters. The van der Waals surface area contributed by atoms with Crippen molar-refractivity contribution in [3.8, 4) is 11.5 Å². The van der Waals surface area contributed by atoms with Crippen molar-refractivity contribution in [3.05, 3.63) is 88.7 Å². The number of aromatic carboxylic acids is 1. The van der Waals surface area contributed by atoms with Crippen molar-refractivity contribution in [2.24, 2.45) is 0 Å². The molecule has 0 saturated carbocycles. The molecule has 1 aliphatic carbocycles. The van der Waals surface area contributed by atoms with Crippen LogP contribution in [0.2, 0.25) is 0 Å². The van der Waals surface area contributed by atoms with Crippen LogP contribution in [-0.2, 0) is 9.53 Å². The molecular weight excluding hydrogens is 360 g/mol. The Kier molecular flexibility index (Phi) is 4.24. The van der Waals surface area contributed by atoms with Crippen LogP contribution in [0.5, 0.6) is 11.5 Å². The molecule has 0 bridgehead atoms. The Labute approximate surface area is 160 Å². The minimum absolute atomic E-state index is 0.0246. The summed E-state index contributed by atoms with van der Waals surface area (Å²) in [5, 5.41) is 19.5. The third-order valence-corrected chi connectivity index (χ3v) is 4.49. The lowest BCUT2D eigenvalue weighted by atomic mass is 9.85. The first-order valence-electron chi connectivity index (χ1n) is 8.60. The van der Waals surface area contributed by atoms with Crippen molar-refractivity contribution in [1.29, 1.82) is 0 Å². The Balaban J connectivity index is 1.96. The van der Waals surface area contributed by atoms with Crippen molar-refractivity contribution in [2.75, 3.05) is 0 Å². The maximum atomic E-state index is 11.8. The van der Waals surface area contributed by atoms with E-state index < -0.39 is 18.0 Å².